The van der Waals surface area contributed by atoms with Crippen molar-refractivity contribution in [3.63, 3.8) is 0 Å². The van der Waals surface area contributed by atoms with Gasteiger partial charge in [0.15, 0.2) is 0 Å². The minimum absolute atomic E-state index is 0.395. The fraction of sp³-hybridized carbons (Fsp3) is 0.143. The van der Waals surface area contributed by atoms with Crippen LogP contribution in [0.25, 0.3) is 0 Å². The molecule has 2 rings (SSSR count). The fourth-order valence-corrected chi connectivity index (χ4v) is 2.19. The first-order valence-electron chi connectivity index (χ1n) is 5.62. The second-order valence-corrected chi connectivity index (χ2v) is 5.41. The number of rotatable bonds is 5. The van der Waals surface area contributed by atoms with Crippen LogP contribution >= 0.6 is 39.1 Å². The Morgan fingerprint density at radius 3 is 2.47 bits per heavy atom. The fourth-order valence-electron chi connectivity index (χ4n) is 1.46. The number of hydrogen-bond acceptors (Lipinski definition) is 2. The van der Waals surface area contributed by atoms with Crippen LogP contribution in [0.15, 0.2) is 46.9 Å². The lowest BCUT2D eigenvalue weighted by atomic mass is 10.3. The summed E-state index contributed by atoms with van der Waals surface area (Å²) in [4.78, 5) is 0. The van der Waals surface area contributed by atoms with Crippen LogP contribution in [-0.2, 0) is 0 Å². The van der Waals surface area contributed by atoms with Crippen molar-refractivity contribution in [3.8, 4) is 11.5 Å². The first-order chi connectivity index (χ1) is 9.16. The van der Waals surface area contributed by atoms with Gasteiger partial charge in [-0.1, -0.05) is 51.3 Å². The van der Waals surface area contributed by atoms with E-state index in [1.165, 1.54) is 0 Å². The van der Waals surface area contributed by atoms with Gasteiger partial charge >= 0.3 is 0 Å². The van der Waals surface area contributed by atoms with E-state index in [1.54, 1.807) is 18.2 Å². The maximum Gasteiger partial charge on any atom is 0.139 e. The van der Waals surface area contributed by atoms with Crippen LogP contribution in [0, 0.1) is 0 Å². The van der Waals surface area contributed by atoms with Crippen LogP contribution < -0.4 is 9.47 Å². The van der Waals surface area contributed by atoms with E-state index in [0.717, 1.165) is 10.2 Å². The zero-order valence-corrected chi connectivity index (χ0v) is 13.0. The molecule has 0 amide bonds. The second-order valence-electron chi connectivity index (χ2n) is 3.71. The zero-order valence-electron chi connectivity index (χ0n) is 9.91. The van der Waals surface area contributed by atoms with Gasteiger partial charge in [0.05, 0.1) is 5.02 Å². The van der Waals surface area contributed by atoms with E-state index >= 15 is 0 Å². The summed E-state index contributed by atoms with van der Waals surface area (Å²) in [5.41, 5.74) is 0. The van der Waals surface area contributed by atoms with Crippen LogP contribution in [0.5, 0.6) is 11.5 Å². The third-order valence-corrected chi connectivity index (χ3v) is 3.62. The molecule has 0 spiro atoms. The molecule has 0 fully saturated rings. The van der Waals surface area contributed by atoms with Crippen molar-refractivity contribution < 1.29 is 9.47 Å². The Hall–Kier alpha value is -0.900. The topological polar surface area (TPSA) is 18.5 Å². The van der Waals surface area contributed by atoms with Crippen LogP contribution in [0.1, 0.15) is 0 Å². The summed E-state index contributed by atoms with van der Waals surface area (Å²) in [6.07, 6.45) is 0. The van der Waals surface area contributed by atoms with E-state index in [9.17, 15) is 0 Å². The summed E-state index contributed by atoms with van der Waals surface area (Å²) in [6, 6.07) is 12.9. The normalized spacial score (nSPS) is 10.3. The molecule has 0 N–H and O–H groups in total. The molecule has 19 heavy (non-hydrogen) atoms. The van der Waals surface area contributed by atoms with Gasteiger partial charge in [-0.25, -0.2) is 0 Å². The second kappa shape index (κ2) is 7.04. The molecule has 2 aromatic rings. The van der Waals surface area contributed by atoms with E-state index in [1.807, 2.05) is 24.3 Å². The van der Waals surface area contributed by atoms with Gasteiger partial charge in [-0.2, -0.15) is 0 Å². The van der Waals surface area contributed by atoms with Crippen LogP contribution in [0.2, 0.25) is 10.0 Å². The predicted molar refractivity (Wildman–Crippen MR) is 81.6 cm³/mol. The van der Waals surface area contributed by atoms with Gasteiger partial charge in [-0.05, 0) is 30.3 Å². The molecule has 0 atom stereocenters. The summed E-state index contributed by atoms with van der Waals surface area (Å²) in [5.74, 6) is 1.35. The number of ether oxygens (including phenoxy) is 2. The molecule has 0 saturated carbocycles. The van der Waals surface area contributed by atoms with Crippen molar-refractivity contribution in [2.45, 2.75) is 0 Å². The minimum Gasteiger partial charge on any atom is -0.490 e. The van der Waals surface area contributed by atoms with Gasteiger partial charge in [-0.15, -0.1) is 0 Å². The van der Waals surface area contributed by atoms with E-state index in [-0.39, 0.29) is 0 Å². The predicted octanol–water partition coefficient (Wildman–Crippen LogP) is 5.21. The quantitative estimate of drug-likeness (QED) is 0.680. The van der Waals surface area contributed by atoms with Crippen molar-refractivity contribution in [1.29, 1.82) is 0 Å². The van der Waals surface area contributed by atoms with Crippen molar-refractivity contribution in [2.24, 2.45) is 0 Å². The van der Waals surface area contributed by atoms with E-state index in [0.29, 0.717) is 29.0 Å². The van der Waals surface area contributed by atoms with E-state index in [2.05, 4.69) is 15.9 Å². The van der Waals surface area contributed by atoms with E-state index < -0.39 is 0 Å². The van der Waals surface area contributed by atoms with Crippen molar-refractivity contribution in [1.82, 2.24) is 0 Å². The number of benzene rings is 2. The molecule has 0 aliphatic rings. The van der Waals surface area contributed by atoms with Gasteiger partial charge in [0.1, 0.15) is 29.7 Å². The van der Waals surface area contributed by atoms with Crippen molar-refractivity contribution in [2.75, 3.05) is 13.2 Å². The zero-order chi connectivity index (χ0) is 13.7. The summed E-state index contributed by atoms with van der Waals surface area (Å²) >= 11 is 15.3. The Balaban J connectivity index is 1.82. The van der Waals surface area contributed by atoms with Crippen molar-refractivity contribution in [3.05, 3.63) is 57.0 Å². The molecule has 0 aliphatic heterocycles. The molecule has 5 heteroatoms. The Labute approximate surface area is 130 Å². The largest absolute Gasteiger partial charge is 0.490 e. The van der Waals surface area contributed by atoms with Gasteiger partial charge in [-0.3, -0.25) is 0 Å². The maximum atomic E-state index is 6.01. The molecular weight excluding hydrogens is 351 g/mol. The third kappa shape index (κ3) is 4.30. The molecule has 0 bridgehead atoms. The van der Waals surface area contributed by atoms with Gasteiger partial charge in [0, 0.05) is 4.47 Å². The summed E-state index contributed by atoms with van der Waals surface area (Å²) in [5, 5.41) is 0.902. The minimum atomic E-state index is 0.395. The first kappa shape index (κ1) is 14.5. The Morgan fingerprint density at radius 1 is 0.947 bits per heavy atom. The highest BCUT2D eigenvalue weighted by molar-refractivity contribution is 9.10. The molecule has 0 aromatic heterocycles. The smallest absolute Gasteiger partial charge is 0.139 e. The van der Waals surface area contributed by atoms with Crippen LogP contribution in [0.3, 0.4) is 0 Å². The monoisotopic (exact) mass is 360 g/mol. The Bertz CT molecular complexity index is 561. The Morgan fingerprint density at radius 2 is 1.68 bits per heavy atom. The van der Waals surface area contributed by atoms with Gasteiger partial charge in [0.2, 0.25) is 0 Å². The third-order valence-electron chi connectivity index (χ3n) is 2.32. The van der Waals surface area contributed by atoms with Crippen LogP contribution in [-0.4, -0.2) is 13.2 Å². The molecule has 0 unspecified atom stereocenters. The average molecular weight is 362 g/mol. The highest BCUT2D eigenvalue weighted by Gasteiger charge is 2.05. The number of halogens is 3. The Kier molecular flexibility index (Phi) is 5.37. The molecule has 0 aliphatic carbocycles. The SMILES string of the molecule is Clc1cccc(OCCOc2cccc(Br)c2)c1Cl. The molecule has 2 aromatic carbocycles. The first-order valence-corrected chi connectivity index (χ1v) is 7.17. The maximum absolute atomic E-state index is 6.01. The van der Waals surface area contributed by atoms with Crippen LogP contribution in [0.4, 0.5) is 0 Å². The molecular formula is C14H11BrCl2O2. The molecule has 100 valence electrons. The molecule has 0 saturated heterocycles. The average Bonchev–Trinajstić information content (AvgIpc) is 2.39. The van der Waals surface area contributed by atoms with Gasteiger partial charge < -0.3 is 9.47 Å². The van der Waals surface area contributed by atoms with E-state index in [4.69, 9.17) is 32.7 Å². The highest BCUT2D eigenvalue weighted by atomic mass is 79.9. The molecule has 0 heterocycles. The summed E-state index contributed by atoms with van der Waals surface area (Å²) in [7, 11) is 0. The lowest BCUT2D eigenvalue weighted by molar-refractivity contribution is 0.217. The lowest BCUT2D eigenvalue weighted by Crippen LogP contribution is -2.09. The molecule has 0 radical (unpaired) electrons. The van der Waals surface area contributed by atoms with Crippen molar-refractivity contribution >= 4 is 39.1 Å². The highest BCUT2D eigenvalue weighted by Crippen LogP contribution is 2.31. The van der Waals surface area contributed by atoms with Gasteiger partial charge in [0.25, 0.3) is 0 Å². The summed E-state index contributed by atoms with van der Waals surface area (Å²) < 4.78 is 12.0. The molecule has 2 nitrogen and oxygen atoms in total. The lowest BCUT2D eigenvalue weighted by Gasteiger charge is -2.10. The standard InChI is InChI=1S/C14H11BrCl2O2/c15-10-3-1-4-11(9-10)18-7-8-19-13-6-2-5-12(16)14(13)17/h1-6,9H,7-8H2. The number of hydrogen-bond donors (Lipinski definition) is 0. The summed E-state index contributed by atoms with van der Waals surface area (Å²) in [6.45, 7) is 0.825.